The van der Waals surface area contributed by atoms with Gasteiger partial charge in [-0.25, -0.2) is 9.97 Å². The molecule has 0 unspecified atom stereocenters. The molecule has 0 aliphatic heterocycles. The molecule has 3 aromatic heterocycles. The van der Waals surface area contributed by atoms with Crippen molar-refractivity contribution in [3.05, 3.63) is 53.6 Å². The first-order chi connectivity index (χ1) is 13.3. The predicted octanol–water partition coefficient (Wildman–Crippen LogP) is 3.98. The molecule has 3 heterocycles. The molecule has 2 N–H and O–H groups in total. The van der Waals surface area contributed by atoms with Gasteiger partial charge in [0.2, 0.25) is 0 Å². The van der Waals surface area contributed by atoms with Gasteiger partial charge >= 0.3 is 0 Å². The zero-order valence-corrected chi connectivity index (χ0v) is 15.2. The fourth-order valence-corrected chi connectivity index (χ4v) is 5.13. The lowest BCUT2D eigenvalue weighted by molar-refractivity contribution is 0.429. The van der Waals surface area contributed by atoms with E-state index in [1.807, 2.05) is 16.8 Å². The van der Waals surface area contributed by atoms with Gasteiger partial charge in [0.25, 0.3) is 0 Å². The van der Waals surface area contributed by atoms with Gasteiger partial charge in [0.05, 0.1) is 29.3 Å². The van der Waals surface area contributed by atoms with Gasteiger partial charge in [-0.3, -0.25) is 0 Å². The molecule has 1 saturated carbocycles. The average molecular weight is 358 g/mol. The van der Waals surface area contributed by atoms with Crippen LogP contribution in [0.1, 0.15) is 48.9 Å². The smallest absolute Gasteiger partial charge is 0.157 e. The SMILES string of the molecule is c1cc2nc3c(c(NCc4ccc5nc[nH]c5c4)n2n1)CCC31CCCC1. The molecular formula is C21H22N6. The van der Waals surface area contributed by atoms with Crippen LogP contribution in [0.5, 0.6) is 0 Å². The Morgan fingerprint density at radius 1 is 1.15 bits per heavy atom. The number of rotatable bonds is 3. The molecule has 0 bridgehead atoms. The van der Waals surface area contributed by atoms with Crippen molar-refractivity contribution in [1.82, 2.24) is 24.6 Å². The van der Waals surface area contributed by atoms with E-state index in [1.165, 1.54) is 48.9 Å². The fourth-order valence-electron chi connectivity index (χ4n) is 5.13. The maximum atomic E-state index is 5.05. The summed E-state index contributed by atoms with van der Waals surface area (Å²) in [7, 11) is 0. The van der Waals surface area contributed by atoms with E-state index in [1.54, 1.807) is 6.33 Å². The van der Waals surface area contributed by atoms with Gasteiger partial charge in [-0.15, -0.1) is 0 Å². The Morgan fingerprint density at radius 2 is 2.07 bits per heavy atom. The summed E-state index contributed by atoms with van der Waals surface area (Å²) >= 11 is 0. The summed E-state index contributed by atoms with van der Waals surface area (Å²) in [5.41, 5.74) is 7.27. The second-order valence-electron chi connectivity index (χ2n) is 7.98. The number of aromatic amines is 1. The molecule has 4 aromatic rings. The Kier molecular flexibility index (Phi) is 3.12. The van der Waals surface area contributed by atoms with Crippen LogP contribution >= 0.6 is 0 Å². The molecule has 2 aliphatic carbocycles. The van der Waals surface area contributed by atoms with Crippen LogP contribution in [0, 0.1) is 0 Å². The molecule has 6 nitrogen and oxygen atoms in total. The number of benzene rings is 1. The minimum absolute atomic E-state index is 0.312. The summed E-state index contributed by atoms with van der Waals surface area (Å²) in [6.45, 7) is 0.757. The first-order valence-electron chi connectivity index (χ1n) is 9.85. The minimum atomic E-state index is 0.312. The van der Waals surface area contributed by atoms with Crippen molar-refractivity contribution >= 4 is 22.5 Å². The first-order valence-corrected chi connectivity index (χ1v) is 9.85. The molecule has 6 rings (SSSR count). The van der Waals surface area contributed by atoms with E-state index in [2.05, 4.69) is 38.6 Å². The van der Waals surface area contributed by atoms with Gasteiger partial charge in [0.15, 0.2) is 5.65 Å². The van der Waals surface area contributed by atoms with Crippen molar-refractivity contribution in [2.45, 2.75) is 50.5 Å². The fraction of sp³-hybridized carbons (Fsp3) is 0.381. The lowest BCUT2D eigenvalue weighted by atomic mass is 9.83. The second kappa shape index (κ2) is 5.55. The zero-order valence-electron chi connectivity index (χ0n) is 15.2. The molecule has 136 valence electrons. The Hall–Kier alpha value is -2.89. The Labute approximate surface area is 157 Å². The summed E-state index contributed by atoms with van der Waals surface area (Å²) in [6, 6.07) is 8.38. The van der Waals surface area contributed by atoms with Crippen LogP contribution < -0.4 is 5.32 Å². The van der Waals surface area contributed by atoms with Gasteiger partial charge in [-0.1, -0.05) is 18.9 Å². The maximum Gasteiger partial charge on any atom is 0.157 e. The summed E-state index contributed by atoms with van der Waals surface area (Å²) in [5.74, 6) is 1.12. The van der Waals surface area contributed by atoms with Crippen LogP contribution in [0.25, 0.3) is 16.7 Å². The first kappa shape index (κ1) is 15.2. The number of nitrogens with zero attached hydrogens (tertiary/aromatic N) is 4. The third-order valence-electron chi connectivity index (χ3n) is 6.49. The molecule has 0 saturated heterocycles. The normalized spacial score (nSPS) is 17.9. The number of fused-ring (bicyclic) bond motifs is 4. The number of H-pyrrole nitrogens is 1. The summed E-state index contributed by atoms with van der Waals surface area (Å²) in [4.78, 5) is 12.5. The van der Waals surface area contributed by atoms with Crippen molar-refractivity contribution in [1.29, 1.82) is 0 Å². The van der Waals surface area contributed by atoms with Crippen LogP contribution in [-0.4, -0.2) is 24.6 Å². The standard InChI is InChI=1S/C21H22N6/c1-2-8-21(7-1)9-5-15-19(21)26-18-6-10-25-27(18)20(15)22-12-14-3-4-16-17(11-14)24-13-23-16/h3-4,6,10-11,13,22H,1-2,5,7-9,12H2,(H,23,24). The molecule has 1 spiro atoms. The van der Waals surface area contributed by atoms with Crippen molar-refractivity contribution in [3.8, 4) is 0 Å². The van der Waals surface area contributed by atoms with Crippen LogP contribution in [0.3, 0.4) is 0 Å². The van der Waals surface area contributed by atoms with E-state index < -0.39 is 0 Å². The third-order valence-corrected chi connectivity index (χ3v) is 6.49. The molecule has 6 heteroatoms. The molecule has 2 aliphatic rings. The Balaban J connectivity index is 1.41. The maximum absolute atomic E-state index is 5.05. The van der Waals surface area contributed by atoms with Crippen LogP contribution in [0.15, 0.2) is 36.8 Å². The van der Waals surface area contributed by atoms with Gasteiger partial charge in [-0.05, 0) is 43.4 Å². The largest absolute Gasteiger partial charge is 0.366 e. The van der Waals surface area contributed by atoms with Crippen molar-refractivity contribution in [3.63, 3.8) is 0 Å². The van der Waals surface area contributed by atoms with E-state index >= 15 is 0 Å². The molecule has 27 heavy (non-hydrogen) atoms. The molecule has 0 radical (unpaired) electrons. The topological polar surface area (TPSA) is 70.9 Å². The van der Waals surface area contributed by atoms with E-state index in [0.717, 1.165) is 35.5 Å². The number of hydrogen-bond donors (Lipinski definition) is 2. The van der Waals surface area contributed by atoms with Crippen molar-refractivity contribution < 1.29 is 0 Å². The van der Waals surface area contributed by atoms with Gasteiger partial charge in [0, 0.05) is 23.6 Å². The molecule has 0 atom stereocenters. The molecule has 1 fully saturated rings. The molecule has 0 amide bonds. The third kappa shape index (κ3) is 2.22. The molecular weight excluding hydrogens is 336 g/mol. The highest BCUT2D eigenvalue weighted by Gasteiger charge is 2.44. The predicted molar refractivity (Wildman–Crippen MR) is 105 cm³/mol. The van der Waals surface area contributed by atoms with Gasteiger partial charge in [-0.2, -0.15) is 9.61 Å². The van der Waals surface area contributed by atoms with E-state index in [4.69, 9.17) is 4.98 Å². The summed E-state index contributed by atoms with van der Waals surface area (Å²) in [6.07, 6.45) is 11.2. The van der Waals surface area contributed by atoms with Gasteiger partial charge in [0.1, 0.15) is 5.82 Å². The second-order valence-corrected chi connectivity index (χ2v) is 7.98. The number of aromatic nitrogens is 5. The lowest BCUT2D eigenvalue weighted by Crippen LogP contribution is -2.20. The highest BCUT2D eigenvalue weighted by molar-refractivity contribution is 5.75. The van der Waals surface area contributed by atoms with E-state index in [9.17, 15) is 0 Å². The van der Waals surface area contributed by atoms with Crippen LogP contribution in [-0.2, 0) is 18.4 Å². The highest BCUT2D eigenvalue weighted by atomic mass is 15.3. The summed E-state index contributed by atoms with van der Waals surface area (Å²) < 4.78 is 1.97. The zero-order chi connectivity index (χ0) is 17.8. The molecule has 1 aromatic carbocycles. The van der Waals surface area contributed by atoms with Crippen LogP contribution in [0.2, 0.25) is 0 Å². The highest BCUT2D eigenvalue weighted by Crippen LogP contribution is 2.50. The number of anilines is 1. The quantitative estimate of drug-likeness (QED) is 0.581. The lowest BCUT2D eigenvalue weighted by Gasteiger charge is -2.23. The van der Waals surface area contributed by atoms with E-state index in [0.29, 0.717) is 5.41 Å². The average Bonchev–Trinajstić information content (AvgIpc) is 3.48. The Bertz CT molecular complexity index is 1150. The number of nitrogens with one attached hydrogen (secondary N) is 2. The minimum Gasteiger partial charge on any atom is -0.366 e. The van der Waals surface area contributed by atoms with E-state index in [-0.39, 0.29) is 0 Å². The number of imidazole rings is 1. The number of hydrogen-bond acceptors (Lipinski definition) is 4. The monoisotopic (exact) mass is 358 g/mol. The van der Waals surface area contributed by atoms with Crippen LogP contribution in [0.4, 0.5) is 5.82 Å². The summed E-state index contributed by atoms with van der Waals surface area (Å²) in [5, 5.41) is 8.22. The van der Waals surface area contributed by atoms with Crippen molar-refractivity contribution in [2.75, 3.05) is 5.32 Å². The van der Waals surface area contributed by atoms with Gasteiger partial charge < -0.3 is 10.3 Å². The van der Waals surface area contributed by atoms with Crippen molar-refractivity contribution in [2.24, 2.45) is 0 Å². The Morgan fingerprint density at radius 3 is 3.00 bits per heavy atom.